The third-order valence-electron chi connectivity index (χ3n) is 3.19. The fraction of sp³-hybridized carbons (Fsp3) is 0.333. The summed E-state index contributed by atoms with van der Waals surface area (Å²) in [6.45, 7) is 3.86. The number of carbonyl (C=O) groups excluding carboxylic acids is 1. The predicted octanol–water partition coefficient (Wildman–Crippen LogP) is 1.70. The van der Waals surface area contributed by atoms with Crippen LogP contribution < -0.4 is 5.73 Å². The van der Waals surface area contributed by atoms with Gasteiger partial charge in [0, 0.05) is 12.2 Å². The molecule has 0 fully saturated rings. The van der Waals surface area contributed by atoms with Crippen molar-refractivity contribution < 1.29 is 9.53 Å². The summed E-state index contributed by atoms with van der Waals surface area (Å²) in [5, 5.41) is 13.7. The Morgan fingerprint density at radius 1 is 1.50 bits per heavy atom. The lowest BCUT2D eigenvalue weighted by molar-refractivity contribution is -0.139. The highest BCUT2D eigenvalue weighted by atomic mass is 16.5. The molecular weight excluding hydrogens is 282 g/mol. The van der Waals surface area contributed by atoms with Gasteiger partial charge in [-0.25, -0.2) is 4.68 Å². The molecule has 0 aliphatic carbocycles. The van der Waals surface area contributed by atoms with Gasteiger partial charge in [0.25, 0.3) is 0 Å². The number of carbonyl (C=O) groups is 1. The molecule has 0 saturated carbocycles. The third-order valence-corrected chi connectivity index (χ3v) is 3.19. The van der Waals surface area contributed by atoms with E-state index in [2.05, 4.69) is 20.9 Å². The number of nitrogen functional groups attached to an aromatic ring is 1. The predicted molar refractivity (Wildman–Crippen MR) is 80.7 cm³/mol. The van der Waals surface area contributed by atoms with Crippen LogP contribution in [0.3, 0.4) is 0 Å². The van der Waals surface area contributed by atoms with Gasteiger partial charge in [0.15, 0.2) is 0 Å². The first-order chi connectivity index (χ1) is 10.5. The number of nitrogens with two attached hydrogens (primary N) is 1. The molecule has 0 aliphatic rings. The molecule has 0 saturated heterocycles. The Hall–Kier alpha value is -2.88. The first-order valence-corrected chi connectivity index (χ1v) is 6.78. The fourth-order valence-corrected chi connectivity index (χ4v) is 2.04. The second kappa shape index (κ2) is 6.26. The second-order valence-electron chi connectivity index (χ2n) is 5.06. The van der Waals surface area contributed by atoms with Gasteiger partial charge in [-0.1, -0.05) is 6.07 Å². The molecule has 7 heteroatoms. The Morgan fingerprint density at radius 2 is 2.23 bits per heavy atom. The number of anilines is 1. The summed E-state index contributed by atoms with van der Waals surface area (Å²) in [5.41, 5.74) is 7.97. The van der Waals surface area contributed by atoms with Crippen LogP contribution in [0.2, 0.25) is 0 Å². The van der Waals surface area contributed by atoms with Crippen LogP contribution in [0.1, 0.15) is 31.0 Å². The zero-order valence-electron chi connectivity index (χ0n) is 12.7. The number of rotatable bonds is 4. The summed E-state index contributed by atoms with van der Waals surface area (Å²) in [7, 11) is 1.34. The molecule has 2 aromatic rings. The van der Waals surface area contributed by atoms with Crippen LogP contribution in [0.5, 0.6) is 0 Å². The molecular formula is C15H17N5O2. The summed E-state index contributed by atoms with van der Waals surface area (Å²) < 4.78 is 6.20. The maximum absolute atomic E-state index is 11.2. The van der Waals surface area contributed by atoms with Gasteiger partial charge in [-0.15, -0.1) is 0 Å². The molecule has 0 aliphatic heterocycles. The molecule has 0 unspecified atom stereocenters. The van der Waals surface area contributed by atoms with E-state index in [-0.39, 0.29) is 18.4 Å². The molecule has 114 valence electrons. The number of aromatic nitrogens is 3. The molecule has 0 bridgehead atoms. The Balaban J connectivity index is 2.38. The quantitative estimate of drug-likeness (QED) is 0.861. The second-order valence-corrected chi connectivity index (χ2v) is 5.06. The Kier molecular flexibility index (Phi) is 4.41. The summed E-state index contributed by atoms with van der Waals surface area (Å²) in [6, 6.07) is 5.58. The molecule has 0 amide bonds. The zero-order chi connectivity index (χ0) is 16.3. The molecule has 2 heterocycles. The van der Waals surface area contributed by atoms with Crippen LogP contribution >= 0.6 is 0 Å². The van der Waals surface area contributed by atoms with Gasteiger partial charge in [0.1, 0.15) is 23.1 Å². The van der Waals surface area contributed by atoms with Crippen molar-refractivity contribution in [2.24, 2.45) is 0 Å². The minimum atomic E-state index is -0.333. The van der Waals surface area contributed by atoms with Crippen molar-refractivity contribution in [3.05, 3.63) is 29.5 Å². The van der Waals surface area contributed by atoms with E-state index in [1.165, 1.54) is 7.11 Å². The van der Waals surface area contributed by atoms with E-state index in [0.717, 1.165) is 5.56 Å². The van der Waals surface area contributed by atoms with E-state index in [1.54, 1.807) is 23.0 Å². The van der Waals surface area contributed by atoms with E-state index in [1.807, 2.05) is 13.8 Å². The lowest BCUT2D eigenvalue weighted by atomic mass is 10.1. The molecule has 7 nitrogen and oxygen atoms in total. The number of hydrogen-bond donors (Lipinski definition) is 1. The largest absolute Gasteiger partial charge is 0.469 e. The van der Waals surface area contributed by atoms with Crippen molar-refractivity contribution in [3.8, 4) is 17.5 Å². The number of nitrogens with zero attached hydrogens (tertiary/aromatic N) is 4. The van der Waals surface area contributed by atoms with Crippen LogP contribution in [0, 0.1) is 11.3 Å². The normalized spacial score (nSPS) is 10.5. The minimum Gasteiger partial charge on any atom is -0.469 e. The number of pyridine rings is 1. The average molecular weight is 299 g/mol. The van der Waals surface area contributed by atoms with Crippen molar-refractivity contribution in [3.63, 3.8) is 0 Å². The van der Waals surface area contributed by atoms with E-state index < -0.39 is 0 Å². The Labute approximate surface area is 128 Å². The number of nitriles is 1. The van der Waals surface area contributed by atoms with Crippen LogP contribution in [0.15, 0.2) is 18.3 Å². The van der Waals surface area contributed by atoms with Gasteiger partial charge in [0.2, 0.25) is 0 Å². The van der Waals surface area contributed by atoms with Crippen LogP contribution in [-0.2, 0) is 16.0 Å². The van der Waals surface area contributed by atoms with E-state index in [9.17, 15) is 10.1 Å². The lowest BCUT2D eigenvalue weighted by Crippen LogP contribution is -2.07. The van der Waals surface area contributed by atoms with Crippen LogP contribution in [0.4, 0.5) is 5.82 Å². The standard InChI is InChI=1S/C15H17N5O2/c1-9(2)20-15(17)11(7-16)14(19-20)12-5-4-10(8-18-12)6-13(21)22-3/h4-5,8-9H,6,17H2,1-3H3. The van der Waals surface area contributed by atoms with E-state index >= 15 is 0 Å². The van der Waals surface area contributed by atoms with E-state index in [4.69, 9.17) is 5.73 Å². The highest BCUT2D eigenvalue weighted by Gasteiger charge is 2.19. The van der Waals surface area contributed by atoms with Gasteiger partial charge >= 0.3 is 5.97 Å². The maximum atomic E-state index is 11.2. The van der Waals surface area contributed by atoms with Gasteiger partial charge in [-0.05, 0) is 25.5 Å². The monoisotopic (exact) mass is 299 g/mol. The Morgan fingerprint density at radius 3 is 2.73 bits per heavy atom. The van der Waals surface area contributed by atoms with Crippen molar-refractivity contribution in [1.29, 1.82) is 5.26 Å². The van der Waals surface area contributed by atoms with E-state index in [0.29, 0.717) is 22.8 Å². The molecule has 2 aromatic heterocycles. The topological polar surface area (TPSA) is 107 Å². The SMILES string of the molecule is COC(=O)Cc1ccc(-c2nn(C(C)C)c(N)c2C#N)nc1. The highest BCUT2D eigenvalue weighted by molar-refractivity contribution is 5.73. The summed E-state index contributed by atoms with van der Waals surface area (Å²) in [4.78, 5) is 15.5. The van der Waals surface area contributed by atoms with Crippen molar-refractivity contribution in [1.82, 2.24) is 14.8 Å². The summed E-state index contributed by atoms with van der Waals surface area (Å²) in [5.74, 6) is -0.00599. The first-order valence-electron chi connectivity index (χ1n) is 6.78. The third kappa shape index (κ3) is 2.91. The number of hydrogen-bond acceptors (Lipinski definition) is 6. The molecule has 0 spiro atoms. The maximum Gasteiger partial charge on any atom is 0.310 e. The lowest BCUT2D eigenvalue weighted by Gasteiger charge is -2.06. The summed E-state index contributed by atoms with van der Waals surface area (Å²) >= 11 is 0. The molecule has 0 atom stereocenters. The van der Waals surface area contributed by atoms with Gasteiger partial charge in [-0.2, -0.15) is 10.4 Å². The minimum absolute atomic E-state index is 0.0412. The Bertz CT molecular complexity index is 726. The number of methoxy groups -OCH3 is 1. The molecule has 0 radical (unpaired) electrons. The number of ether oxygens (including phenoxy) is 1. The molecule has 0 aromatic carbocycles. The average Bonchev–Trinajstić information content (AvgIpc) is 2.84. The van der Waals surface area contributed by atoms with Crippen molar-refractivity contribution >= 4 is 11.8 Å². The molecule has 2 rings (SSSR count). The fourth-order valence-electron chi connectivity index (χ4n) is 2.04. The van der Waals surface area contributed by atoms with Gasteiger partial charge < -0.3 is 10.5 Å². The smallest absolute Gasteiger partial charge is 0.310 e. The highest BCUT2D eigenvalue weighted by Crippen LogP contribution is 2.27. The van der Waals surface area contributed by atoms with Crippen LogP contribution in [-0.4, -0.2) is 27.8 Å². The van der Waals surface area contributed by atoms with Gasteiger partial charge in [-0.3, -0.25) is 9.78 Å². The molecule has 22 heavy (non-hydrogen) atoms. The molecule has 2 N–H and O–H groups in total. The number of esters is 1. The van der Waals surface area contributed by atoms with Crippen LogP contribution in [0.25, 0.3) is 11.4 Å². The van der Waals surface area contributed by atoms with Gasteiger partial charge in [0.05, 0.1) is 19.2 Å². The first kappa shape index (κ1) is 15.5. The summed E-state index contributed by atoms with van der Waals surface area (Å²) in [6.07, 6.45) is 1.72. The zero-order valence-corrected chi connectivity index (χ0v) is 12.7. The van der Waals surface area contributed by atoms with Crippen molar-refractivity contribution in [2.75, 3.05) is 12.8 Å². The van der Waals surface area contributed by atoms with Crippen molar-refractivity contribution in [2.45, 2.75) is 26.3 Å².